The molecule has 5 rings (SSSR count). The minimum atomic E-state index is -0.0578. The Kier molecular flexibility index (Phi) is 4.33. The molecule has 0 aliphatic rings. The number of thiazole rings is 1. The molecule has 1 N–H and O–H groups in total. The summed E-state index contributed by atoms with van der Waals surface area (Å²) in [6.45, 7) is 2.28. The molecule has 1 amide bonds. The quantitative estimate of drug-likeness (QED) is 0.449. The summed E-state index contributed by atoms with van der Waals surface area (Å²) in [5.74, 6) is -0.0578. The van der Waals surface area contributed by atoms with Crippen LogP contribution in [0.25, 0.3) is 31.8 Å². The molecule has 5 nitrogen and oxygen atoms in total. The molecule has 0 atom stereocenters. The lowest BCUT2D eigenvalue weighted by Gasteiger charge is -2.12. The average Bonchev–Trinajstić information content (AvgIpc) is 3.34. The molecule has 0 unspecified atom stereocenters. The zero-order chi connectivity index (χ0) is 19.8. The second-order valence-electron chi connectivity index (χ2n) is 6.88. The summed E-state index contributed by atoms with van der Waals surface area (Å²) in [4.78, 5) is 22.7. The van der Waals surface area contributed by atoms with Crippen molar-refractivity contribution in [1.82, 2.24) is 14.5 Å². The van der Waals surface area contributed by atoms with Crippen LogP contribution in [0.1, 0.15) is 5.56 Å². The molecule has 0 aliphatic carbocycles. The maximum atomic E-state index is 12.7. The molecule has 142 valence electrons. The number of fused-ring (bicyclic) bond motifs is 2. The molecule has 0 saturated carbocycles. The highest BCUT2D eigenvalue weighted by molar-refractivity contribution is 7.21. The number of carbonyl (C=O) groups is 1. The fraction of sp³-hybridized carbons (Fsp3) is 0.0870. The van der Waals surface area contributed by atoms with Crippen molar-refractivity contribution in [2.75, 3.05) is 5.32 Å². The van der Waals surface area contributed by atoms with E-state index in [-0.39, 0.29) is 12.5 Å². The van der Waals surface area contributed by atoms with Crippen molar-refractivity contribution in [3.63, 3.8) is 0 Å². The van der Waals surface area contributed by atoms with Gasteiger partial charge in [0, 0.05) is 29.2 Å². The number of amides is 1. The van der Waals surface area contributed by atoms with Crippen molar-refractivity contribution in [1.29, 1.82) is 0 Å². The fourth-order valence-corrected chi connectivity index (χ4v) is 4.50. The van der Waals surface area contributed by atoms with E-state index in [1.165, 1.54) is 0 Å². The van der Waals surface area contributed by atoms with E-state index in [0.29, 0.717) is 0 Å². The molecular formula is C23H18N4OS. The summed E-state index contributed by atoms with van der Waals surface area (Å²) in [6, 6.07) is 19.8. The third-order valence-electron chi connectivity index (χ3n) is 5.00. The lowest BCUT2D eigenvalue weighted by Crippen LogP contribution is -2.18. The maximum Gasteiger partial charge on any atom is 0.244 e. The van der Waals surface area contributed by atoms with Crippen molar-refractivity contribution in [2.45, 2.75) is 13.5 Å². The number of anilines is 1. The van der Waals surface area contributed by atoms with Gasteiger partial charge < -0.3 is 9.88 Å². The Morgan fingerprint density at radius 3 is 2.86 bits per heavy atom. The van der Waals surface area contributed by atoms with Crippen LogP contribution in [-0.4, -0.2) is 20.4 Å². The first-order valence-electron chi connectivity index (χ1n) is 9.34. The van der Waals surface area contributed by atoms with Crippen molar-refractivity contribution >= 4 is 44.2 Å². The second kappa shape index (κ2) is 7.14. The topological polar surface area (TPSA) is 59.8 Å². The van der Waals surface area contributed by atoms with E-state index < -0.39 is 0 Å². The smallest absolute Gasteiger partial charge is 0.244 e. The molecular weight excluding hydrogens is 380 g/mol. The van der Waals surface area contributed by atoms with Crippen LogP contribution < -0.4 is 5.32 Å². The van der Waals surface area contributed by atoms with Crippen LogP contribution in [-0.2, 0) is 11.3 Å². The lowest BCUT2D eigenvalue weighted by molar-refractivity contribution is -0.116. The molecule has 0 spiro atoms. The van der Waals surface area contributed by atoms with E-state index in [9.17, 15) is 4.79 Å². The molecule has 2 aromatic carbocycles. The Balaban J connectivity index is 1.41. The minimum Gasteiger partial charge on any atom is -0.338 e. The molecule has 0 saturated heterocycles. The van der Waals surface area contributed by atoms with Gasteiger partial charge in [0.25, 0.3) is 0 Å². The number of hydrogen-bond donors (Lipinski definition) is 1. The van der Waals surface area contributed by atoms with Crippen LogP contribution in [0.5, 0.6) is 0 Å². The molecule has 3 heterocycles. The van der Waals surface area contributed by atoms with Gasteiger partial charge in [0.15, 0.2) is 0 Å². The highest BCUT2D eigenvalue weighted by Gasteiger charge is 2.13. The number of nitrogens with zero attached hydrogens (tertiary/aromatic N) is 3. The van der Waals surface area contributed by atoms with Crippen molar-refractivity contribution < 1.29 is 4.79 Å². The Morgan fingerprint density at radius 1 is 1.07 bits per heavy atom. The summed E-state index contributed by atoms with van der Waals surface area (Å²) >= 11 is 1.56. The molecule has 5 aromatic rings. The van der Waals surface area contributed by atoms with Crippen molar-refractivity contribution in [3.05, 3.63) is 78.6 Å². The average molecular weight is 398 g/mol. The molecule has 0 fully saturated rings. The summed E-state index contributed by atoms with van der Waals surface area (Å²) in [5, 5.41) is 5.09. The SMILES string of the molecule is Cc1c(NC(=O)Cn2ccc3ccccc32)cccc1-c1nc2cccnc2s1. The Bertz CT molecular complexity index is 1320. The number of hydrogen-bond acceptors (Lipinski definition) is 4. The zero-order valence-electron chi connectivity index (χ0n) is 15.8. The normalized spacial score (nSPS) is 11.2. The molecule has 29 heavy (non-hydrogen) atoms. The predicted molar refractivity (Wildman–Crippen MR) is 118 cm³/mol. The predicted octanol–water partition coefficient (Wildman–Crippen LogP) is 5.26. The lowest BCUT2D eigenvalue weighted by atomic mass is 10.1. The maximum absolute atomic E-state index is 12.7. The number of para-hydroxylation sites is 1. The van der Waals surface area contributed by atoms with Gasteiger partial charge in [-0.15, -0.1) is 0 Å². The van der Waals surface area contributed by atoms with E-state index in [2.05, 4.69) is 10.3 Å². The molecule has 0 radical (unpaired) electrons. The van der Waals surface area contributed by atoms with Crippen LogP contribution in [0.3, 0.4) is 0 Å². The fourth-order valence-electron chi connectivity index (χ4n) is 3.51. The van der Waals surface area contributed by atoms with Gasteiger partial charge >= 0.3 is 0 Å². The number of aromatic nitrogens is 3. The number of carbonyl (C=O) groups excluding carboxylic acids is 1. The molecule has 3 aromatic heterocycles. The van der Waals surface area contributed by atoms with E-state index in [4.69, 9.17) is 4.98 Å². The van der Waals surface area contributed by atoms with E-state index in [1.54, 1.807) is 17.5 Å². The first-order chi connectivity index (χ1) is 14.2. The number of benzene rings is 2. The standard InChI is InChI=1S/C23H18N4OS/c1-15-17(22-26-19-9-5-12-24-23(19)29-22)7-4-8-18(15)25-21(28)14-27-13-11-16-6-2-3-10-20(16)27/h2-13H,14H2,1H3,(H,25,28). The summed E-state index contributed by atoms with van der Waals surface area (Å²) < 4.78 is 1.96. The third-order valence-corrected chi connectivity index (χ3v) is 6.01. The monoisotopic (exact) mass is 398 g/mol. The van der Waals surface area contributed by atoms with Gasteiger partial charge in [-0.1, -0.05) is 41.7 Å². The first kappa shape index (κ1) is 17.6. The Morgan fingerprint density at radius 2 is 1.97 bits per heavy atom. The Labute approximate surface area is 171 Å². The van der Waals surface area contributed by atoms with Crippen molar-refractivity contribution in [2.24, 2.45) is 0 Å². The summed E-state index contributed by atoms with van der Waals surface area (Å²) in [7, 11) is 0. The van der Waals surface area contributed by atoms with Crippen LogP contribution in [0.2, 0.25) is 0 Å². The first-order valence-corrected chi connectivity index (χ1v) is 10.2. The van der Waals surface area contributed by atoms with Crippen LogP contribution in [0, 0.1) is 6.92 Å². The highest BCUT2D eigenvalue weighted by Crippen LogP contribution is 2.33. The number of rotatable bonds is 4. The number of nitrogens with one attached hydrogen (secondary N) is 1. The summed E-state index contributed by atoms with van der Waals surface area (Å²) in [6.07, 6.45) is 3.72. The van der Waals surface area contributed by atoms with Crippen LogP contribution in [0.4, 0.5) is 5.69 Å². The van der Waals surface area contributed by atoms with Gasteiger partial charge in [-0.3, -0.25) is 4.79 Å². The largest absolute Gasteiger partial charge is 0.338 e. The zero-order valence-corrected chi connectivity index (χ0v) is 16.6. The highest BCUT2D eigenvalue weighted by atomic mass is 32.1. The van der Waals surface area contributed by atoms with Gasteiger partial charge in [-0.05, 0) is 48.2 Å². The van der Waals surface area contributed by atoms with Gasteiger partial charge in [0.2, 0.25) is 5.91 Å². The molecule has 0 aliphatic heterocycles. The minimum absolute atomic E-state index is 0.0578. The molecule has 6 heteroatoms. The van der Waals surface area contributed by atoms with Crippen LogP contribution >= 0.6 is 11.3 Å². The number of pyridine rings is 1. The third kappa shape index (κ3) is 3.28. The Hall–Kier alpha value is -3.51. The van der Waals surface area contributed by atoms with Gasteiger partial charge in [-0.2, -0.15) is 0 Å². The molecule has 0 bridgehead atoms. The van der Waals surface area contributed by atoms with E-state index >= 15 is 0 Å². The van der Waals surface area contributed by atoms with Gasteiger partial charge in [-0.25, -0.2) is 9.97 Å². The van der Waals surface area contributed by atoms with E-state index in [0.717, 1.165) is 43.1 Å². The second-order valence-corrected chi connectivity index (χ2v) is 7.85. The van der Waals surface area contributed by atoms with E-state index in [1.807, 2.05) is 78.4 Å². The van der Waals surface area contributed by atoms with Crippen molar-refractivity contribution in [3.8, 4) is 10.6 Å². The van der Waals surface area contributed by atoms with Gasteiger partial charge in [0.05, 0.1) is 0 Å². The van der Waals surface area contributed by atoms with Gasteiger partial charge in [0.1, 0.15) is 21.9 Å². The summed E-state index contributed by atoms with van der Waals surface area (Å²) in [5.41, 5.74) is 4.75. The van der Waals surface area contributed by atoms with Crippen LogP contribution in [0.15, 0.2) is 73.1 Å².